The lowest BCUT2D eigenvalue weighted by molar-refractivity contribution is -0.136. The van der Waals surface area contributed by atoms with Crippen LogP contribution in [0, 0.1) is 6.92 Å². The first-order chi connectivity index (χ1) is 8.06. The van der Waals surface area contributed by atoms with Gasteiger partial charge in [0.2, 0.25) is 5.91 Å². The highest BCUT2D eigenvalue weighted by atomic mass is 16.5. The molecule has 0 spiro atoms. The smallest absolute Gasteiger partial charge is 0.219 e. The van der Waals surface area contributed by atoms with Crippen molar-refractivity contribution in [3.05, 3.63) is 33.7 Å². The Balaban J connectivity index is 2.21. The standard InChI is InChI=1S/C12H16N2O3/c1-8-5-10(16)6-11(13-8)12-7-14(9(2)15)3-4-17-12/h5-6,12H,3-4,7H2,1-2H3,(H,13,16)/t12-/m0/s1. The first kappa shape index (κ1) is 11.9. The van der Waals surface area contributed by atoms with Crippen LogP contribution >= 0.6 is 0 Å². The quantitative estimate of drug-likeness (QED) is 0.776. The van der Waals surface area contributed by atoms with Crippen LogP contribution in [0.2, 0.25) is 0 Å². The highest BCUT2D eigenvalue weighted by molar-refractivity contribution is 5.73. The summed E-state index contributed by atoms with van der Waals surface area (Å²) >= 11 is 0. The number of aromatic amines is 1. The van der Waals surface area contributed by atoms with E-state index >= 15 is 0 Å². The van der Waals surface area contributed by atoms with Gasteiger partial charge in [-0.15, -0.1) is 0 Å². The van der Waals surface area contributed by atoms with Crippen LogP contribution < -0.4 is 5.43 Å². The monoisotopic (exact) mass is 236 g/mol. The van der Waals surface area contributed by atoms with E-state index in [0.29, 0.717) is 19.7 Å². The molecule has 5 heteroatoms. The van der Waals surface area contributed by atoms with E-state index < -0.39 is 0 Å². The van der Waals surface area contributed by atoms with Crippen LogP contribution in [0.15, 0.2) is 16.9 Å². The molecule has 17 heavy (non-hydrogen) atoms. The molecule has 1 aromatic rings. The van der Waals surface area contributed by atoms with E-state index in [0.717, 1.165) is 11.4 Å². The van der Waals surface area contributed by atoms with Gasteiger partial charge in [0.15, 0.2) is 5.43 Å². The van der Waals surface area contributed by atoms with Crippen molar-refractivity contribution in [2.45, 2.75) is 20.0 Å². The highest BCUT2D eigenvalue weighted by Gasteiger charge is 2.24. The van der Waals surface area contributed by atoms with Crippen molar-refractivity contribution in [3.63, 3.8) is 0 Å². The van der Waals surface area contributed by atoms with Crippen LogP contribution in [-0.2, 0) is 9.53 Å². The number of amides is 1. The summed E-state index contributed by atoms with van der Waals surface area (Å²) < 4.78 is 5.59. The molecule has 1 aromatic heterocycles. The summed E-state index contributed by atoms with van der Waals surface area (Å²) in [6, 6.07) is 3.07. The summed E-state index contributed by atoms with van der Waals surface area (Å²) in [6.45, 7) is 4.98. The van der Waals surface area contributed by atoms with Gasteiger partial charge >= 0.3 is 0 Å². The van der Waals surface area contributed by atoms with Gasteiger partial charge in [-0.3, -0.25) is 9.59 Å². The minimum absolute atomic E-state index is 0.0355. The molecule has 0 unspecified atom stereocenters. The number of morpholine rings is 1. The van der Waals surface area contributed by atoms with Gasteiger partial charge < -0.3 is 14.6 Å². The van der Waals surface area contributed by atoms with Crippen LogP contribution in [0.1, 0.15) is 24.4 Å². The minimum Gasteiger partial charge on any atom is -0.368 e. The van der Waals surface area contributed by atoms with E-state index in [9.17, 15) is 9.59 Å². The molecule has 1 saturated heterocycles. The minimum atomic E-state index is -0.236. The molecule has 2 heterocycles. The van der Waals surface area contributed by atoms with E-state index in [1.165, 1.54) is 12.1 Å². The summed E-state index contributed by atoms with van der Waals surface area (Å²) in [5.41, 5.74) is 1.50. The van der Waals surface area contributed by atoms with E-state index in [2.05, 4.69) is 4.98 Å². The zero-order valence-electron chi connectivity index (χ0n) is 10.0. The van der Waals surface area contributed by atoms with Crippen LogP contribution in [0.3, 0.4) is 0 Å². The number of pyridine rings is 1. The molecule has 1 amide bonds. The Hall–Kier alpha value is -1.62. The van der Waals surface area contributed by atoms with Gasteiger partial charge in [-0.2, -0.15) is 0 Å². The Morgan fingerprint density at radius 3 is 2.94 bits per heavy atom. The summed E-state index contributed by atoms with van der Waals surface area (Å²) in [7, 11) is 0. The summed E-state index contributed by atoms with van der Waals surface area (Å²) in [6.07, 6.45) is -0.236. The molecule has 2 rings (SSSR count). The Morgan fingerprint density at radius 2 is 2.29 bits per heavy atom. The number of H-pyrrole nitrogens is 1. The van der Waals surface area contributed by atoms with Crippen LogP contribution in [-0.4, -0.2) is 35.5 Å². The van der Waals surface area contributed by atoms with Crippen molar-refractivity contribution in [2.75, 3.05) is 19.7 Å². The van der Waals surface area contributed by atoms with Crippen molar-refractivity contribution in [1.82, 2.24) is 9.88 Å². The molecule has 92 valence electrons. The van der Waals surface area contributed by atoms with E-state index in [1.807, 2.05) is 6.92 Å². The number of carbonyl (C=O) groups excluding carboxylic acids is 1. The summed E-state index contributed by atoms with van der Waals surface area (Å²) in [4.78, 5) is 27.6. The Bertz CT molecular complexity index is 481. The zero-order valence-corrected chi connectivity index (χ0v) is 10.0. The van der Waals surface area contributed by atoms with Gasteiger partial charge in [0.1, 0.15) is 6.10 Å². The van der Waals surface area contributed by atoms with Crippen molar-refractivity contribution in [1.29, 1.82) is 0 Å². The summed E-state index contributed by atoms with van der Waals surface area (Å²) in [5.74, 6) is 0.0355. The molecular formula is C12H16N2O3. The third-order valence-corrected chi connectivity index (χ3v) is 2.86. The van der Waals surface area contributed by atoms with Gasteiger partial charge in [0, 0.05) is 37.0 Å². The van der Waals surface area contributed by atoms with Gasteiger partial charge in [0.05, 0.1) is 13.2 Å². The second-order valence-corrected chi connectivity index (χ2v) is 4.28. The normalized spacial score (nSPS) is 20.4. The highest BCUT2D eigenvalue weighted by Crippen LogP contribution is 2.19. The fourth-order valence-electron chi connectivity index (χ4n) is 2.01. The van der Waals surface area contributed by atoms with Crippen LogP contribution in [0.25, 0.3) is 0 Å². The number of carbonyl (C=O) groups is 1. The number of rotatable bonds is 1. The van der Waals surface area contributed by atoms with E-state index in [1.54, 1.807) is 11.8 Å². The zero-order chi connectivity index (χ0) is 12.4. The Kier molecular flexibility index (Phi) is 3.28. The molecule has 5 nitrogen and oxygen atoms in total. The number of aromatic nitrogens is 1. The average molecular weight is 236 g/mol. The maximum Gasteiger partial charge on any atom is 0.219 e. The van der Waals surface area contributed by atoms with E-state index in [4.69, 9.17) is 4.74 Å². The lowest BCUT2D eigenvalue weighted by Gasteiger charge is -2.32. The molecule has 1 aliphatic rings. The maximum atomic E-state index is 11.4. The number of hydrogen-bond acceptors (Lipinski definition) is 3. The van der Waals surface area contributed by atoms with Gasteiger partial charge in [-0.25, -0.2) is 0 Å². The van der Waals surface area contributed by atoms with Crippen molar-refractivity contribution < 1.29 is 9.53 Å². The molecule has 1 aliphatic heterocycles. The fraction of sp³-hybridized carbons (Fsp3) is 0.500. The molecular weight excluding hydrogens is 220 g/mol. The topological polar surface area (TPSA) is 62.4 Å². The first-order valence-corrected chi connectivity index (χ1v) is 5.64. The average Bonchev–Trinajstić information content (AvgIpc) is 2.28. The van der Waals surface area contributed by atoms with E-state index in [-0.39, 0.29) is 17.4 Å². The number of nitrogens with one attached hydrogen (secondary N) is 1. The molecule has 1 N–H and O–H groups in total. The van der Waals surface area contributed by atoms with Crippen LogP contribution in [0.4, 0.5) is 0 Å². The Labute approximate surface area is 99.4 Å². The van der Waals surface area contributed by atoms with Gasteiger partial charge in [0.25, 0.3) is 0 Å². The lowest BCUT2D eigenvalue weighted by Crippen LogP contribution is -2.41. The molecule has 0 radical (unpaired) electrons. The third-order valence-electron chi connectivity index (χ3n) is 2.86. The number of hydrogen-bond donors (Lipinski definition) is 1. The largest absolute Gasteiger partial charge is 0.368 e. The summed E-state index contributed by atoms with van der Waals surface area (Å²) in [5, 5.41) is 0. The first-order valence-electron chi connectivity index (χ1n) is 5.64. The fourth-order valence-corrected chi connectivity index (χ4v) is 2.01. The van der Waals surface area contributed by atoms with Crippen molar-refractivity contribution in [3.8, 4) is 0 Å². The molecule has 1 atom stereocenters. The van der Waals surface area contributed by atoms with Gasteiger partial charge in [-0.05, 0) is 6.92 Å². The van der Waals surface area contributed by atoms with Gasteiger partial charge in [-0.1, -0.05) is 0 Å². The number of aryl methyl sites for hydroxylation is 1. The molecule has 0 bridgehead atoms. The lowest BCUT2D eigenvalue weighted by atomic mass is 10.1. The molecule has 0 aromatic carbocycles. The molecule has 0 saturated carbocycles. The Morgan fingerprint density at radius 1 is 1.53 bits per heavy atom. The molecule has 1 fully saturated rings. The molecule has 0 aliphatic carbocycles. The number of ether oxygens (including phenoxy) is 1. The predicted octanol–water partition coefficient (Wildman–Crippen LogP) is 0.603. The maximum absolute atomic E-state index is 11.4. The third kappa shape index (κ3) is 2.74. The second-order valence-electron chi connectivity index (χ2n) is 4.28. The second kappa shape index (κ2) is 4.71. The number of nitrogens with zero attached hydrogens (tertiary/aromatic N) is 1. The van der Waals surface area contributed by atoms with Crippen LogP contribution in [0.5, 0.6) is 0 Å². The van der Waals surface area contributed by atoms with Crippen molar-refractivity contribution >= 4 is 5.91 Å². The van der Waals surface area contributed by atoms with Crippen molar-refractivity contribution in [2.24, 2.45) is 0 Å². The SMILES string of the molecule is CC(=O)N1CCO[C@H](c2cc(=O)cc(C)[nH]2)C1. The predicted molar refractivity (Wildman–Crippen MR) is 62.7 cm³/mol.